The number of nitrogens with one attached hydrogen (secondary N) is 1. The molecule has 0 fully saturated rings. The molecule has 0 aliphatic carbocycles. The van der Waals surface area contributed by atoms with E-state index >= 15 is 0 Å². The zero-order valence-corrected chi connectivity index (χ0v) is 14.7. The van der Waals surface area contributed by atoms with Crippen LogP contribution in [0, 0.1) is 0 Å². The highest BCUT2D eigenvalue weighted by Crippen LogP contribution is 2.28. The summed E-state index contributed by atoms with van der Waals surface area (Å²) in [5, 5.41) is 1.30. The van der Waals surface area contributed by atoms with Gasteiger partial charge in [0.25, 0.3) is 0 Å². The molecule has 5 nitrogen and oxygen atoms in total. The number of aromatic nitrogens is 1. The molecule has 0 saturated carbocycles. The Morgan fingerprint density at radius 2 is 2.05 bits per heavy atom. The van der Waals surface area contributed by atoms with E-state index in [0.29, 0.717) is 0 Å². The van der Waals surface area contributed by atoms with Gasteiger partial charge in [-0.05, 0) is 11.6 Å². The first kappa shape index (κ1) is 20.3. The maximum Gasteiger partial charge on any atom is 0.408 e. The minimum Gasteiger partial charge on any atom is -0.445 e. The number of thiazole rings is 1. The normalized spacial score (nSPS) is 12.2. The summed E-state index contributed by atoms with van der Waals surface area (Å²) in [6, 6.07) is -1.23. The minimum atomic E-state index is -1.75. The molecule has 1 unspecified atom stereocenters. The number of alkyl halides is 3. The van der Waals surface area contributed by atoms with E-state index in [1.807, 2.05) is 0 Å². The average molecular weight is 423 g/mol. The summed E-state index contributed by atoms with van der Waals surface area (Å²) >= 11 is 28.5. The van der Waals surface area contributed by atoms with E-state index < -0.39 is 27.8 Å². The van der Waals surface area contributed by atoms with Crippen LogP contribution in [0.15, 0.2) is 5.51 Å². The molecule has 0 bridgehead atoms. The van der Waals surface area contributed by atoms with Gasteiger partial charge in [0.1, 0.15) is 16.6 Å². The molecule has 1 aromatic rings. The Morgan fingerprint density at radius 1 is 1.45 bits per heavy atom. The zero-order chi connectivity index (χ0) is 14.6. The molecule has 1 heterocycles. The van der Waals surface area contributed by atoms with Crippen molar-refractivity contribution < 1.29 is 14.3 Å². The highest BCUT2D eigenvalue weighted by molar-refractivity contribution is 7.14. The maximum atomic E-state index is 11.4. The lowest BCUT2D eigenvalue weighted by Crippen LogP contribution is -2.34. The first-order valence-electron chi connectivity index (χ1n) is 4.49. The van der Waals surface area contributed by atoms with Crippen LogP contribution in [0.3, 0.4) is 0 Å². The van der Waals surface area contributed by atoms with Crippen LogP contribution < -0.4 is 5.32 Å². The third-order valence-electron chi connectivity index (χ3n) is 1.68. The number of rotatable bonds is 4. The van der Waals surface area contributed by atoms with E-state index in [0.717, 1.165) is 11.3 Å². The second-order valence-electron chi connectivity index (χ2n) is 3.08. The van der Waals surface area contributed by atoms with Gasteiger partial charge in [-0.15, -0.1) is 23.7 Å². The van der Waals surface area contributed by atoms with Gasteiger partial charge < -0.3 is 10.1 Å². The van der Waals surface area contributed by atoms with Gasteiger partial charge in [-0.2, -0.15) is 0 Å². The number of carbonyl (C=O) groups excluding carboxylic acids is 2. The van der Waals surface area contributed by atoms with Crippen LogP contribution in [0.4, 0.5) is 4.79 Å². The highest BCUT2D eigenvalue weighted by Gasteiger charge is 2.28. The van der Waals surface area contributed by atoms with Gasteiger partial charge in [-0.1, -0.05) is 46.4 Å². The van der Waals surface area contributed by atoms with Crippen molar-refractivity contribution in [1.82, 2.24) is 10.3 Å². The molecule has 0 spiro atoms. The Hall–Kier alpha value is 0.310. The quantitative estimate of drug-likeness (QED) is 0.585. The largest absolute Gasteiger partial charge is 0.445 e. The SMILES string of the molecule is Cl.O=C(NC(C(=O)Cl)c1ncsc1Cl)OCC(Cl)(Cl)Cl. The van der Waals surface area contributed by atoms with Crippen LogP contribution in [0.5, 0.6) is 0 Å². The molecule has 0 aromatic carbocycles. The van der Waals surface area contributed by atoms with E-state index in [1.54, 1.807) is 0 Å². The van der Waals surface area contributed by atoms with Gasteiger partial charge in [0, 0.05) is 0 Å². The molecular weight excluding hydrogens is 417 g/mol. The number of alkyl carbamates (subject to hydrolysis) is 1. The van der Waals surface area contributed by atoms with Crippen LogP contribution >= 0.6 is 81.7 Å². The highest BCUT2D eigenvalue weighted by atomic mass is 35.6. The Kier molecular flexibility index (Phi) is 8.81. The third kappa shape index (κ3) is 6.85. The molecule has 1 rings (SSSR count). The van der Waals surface area contributed by atoms with E-state index in [9.17, 15) is 9.59 Å². The fourth-order valence-electron chi connectivity index (χ4n) is 0.968. The molecule has 114 valence electrons. The van der Waals surface area contributed by atoms with Crippen molar-refractivity contribution in [3.05, 3.63) is 15.5 Å². The van der Waals surface area contributed by atoms with Crippen molar-refractivity contribution >= 4 is 93.1 Å². The lowest BCUT2D eigenvalue weighted by Gasteiger charge is -2.15. The molecule has 1 aromatic heterocycles. The zero-order valence-electron chi connectivity index (χ0n) is 9.24. The van der Waals surface area contributed by atoms with Crippen molar-refractivity contribution in [2.24, 2.45) is 0 Å². The van der Waals surface area contributed by atoms with E-state index in [4.69, 9.17) is 58.0 Å². The number of amides is 1. The van der Waals surface area contributed by atoms with Gasteiger partial charge in [-0.3, -0.25) is 4.79 Å². The minimum absolute atomic E-state index is 0. The lowest BCUT2D eigenvalue weighted by molar-refractivity contribution is -0.113. The molecule has 0 aliphatic rings. The molecular formula is C8H6Cl6N2O3S. The predicted molar refractivity (Wildman–Crippen MR) is 82.7 cm³/mol. The topological polar surface area (TPSA) is 68.3 Å². The van der Waals surface area contributed by atoms with Crippen LogP contribution in [0.2, 0.25) is 4.34 Å². The number of carbonyl (C=O) groups is 2. The third-order valence-corrected chi connectivity index (χ3v) is 3.31. The van der Waals surface area contributed by atoms with Crippen molar-refractivity contribution in [1.29, 1.82) is 0 Å². The number of halogens is 6. The van der Waals surface area contributed by atoms with Gasteiger partial charge >= 0.3 is 6.09 Å². The number of hydrogen-bond acceptors (Lipinski definition) is 5. The molecule has 1 N–H and O–H groups in total. The van der Waals surface area contributed by atoms with E-state index in [1.165, 1.54) is 5.51 Å². The molecule has 0 radical (unpaired) electrons. The molecule has 0 aliphatic heterocycles. The summed E-state index contributed by atoms with van der Waals surface area (Å²) in [5.41, 5.74) is 1.52. The molecule has 0 saturated heterocycles. The van der Waals surface area contributed by atoms with Crippen LogP contribution in [0.1, 0.15) is 11.7 Å². The fraction of sp³-hybridized carbons (Fsp3) is 0.375. The summed E-state index contributed by atoms with van der Waals surface area (Å²) in [5.74, 6) is 0. The second kappa shape index (κ2) is 8.68. The molecule has 20 heavy (non-hydrogen) atoms. The van der Waals surface area contributed by atoms with Gasteiger partial charge in [0.2, 0.25) is 9.03 Å². The van der Waals surface area contributed by atoms with Crippen molar-refractivity contribution in [3.63, 3.8) is 0 Å². The summed E-state index contributed by atoms with van der Waals surface area (Å²) < 4.78 is 3.07. The van der Waals surface area contributed by atoms with Gasteiger partial charge in [0.05, 0.1) is 5.51 Å². The summed E-state index contributed by atoms with van der Waals surface area (Å²) in [6.45, 7) is -0.489. The predicted octanol–water partition coefficient (Wildman–Crippen LogP) is 4.12. The van der Waals surface area contributed by atoms with E-state index in [-0.39, 0.29) is 22.4 Å². The molecule has 1 amide bonds. The fourth-order valence-corrected chi connectivity index (χ4v) is 2.12. The summed E-state index contributed by atoms with van der Waals surface area (Å²) in [7, 11) is 0. The monoisotopic (exact) mass is 420 g/mol. The standard InChI is InChI=1S/C8H5Cl5N2O3S.ClH/c9-5(16)3(4-6(10)19-2-14-4)15-7(17)18-1-8(11,12)13;/h2-3H,1H2,(H,15,17);1H. The second-order valence-corrected chi connectivity index (χ2v) is 7.43. The van der Waals surface area contributed by atoms with Gasteiger partial charge in [0.15, 0.2) is 6.04 Å². The Bertz CT molecular complexity index is 477. The number of nitrogens with zero attached hydrogens (tertiary/aromatic N) is 1. The van der Waals surface area contributed by atoms with E-state index in [2.05, 4.69) is 15.0 Å². The van der Waals surface area contributed by atoms with Crippen molar-refractivity contribution in [2.45, 2.75) is 9.83 Å². The first-order chi connectivity index (χ1) is 8.70. The Morgan fingerprint density at radius 3 is 2.45 bits per heavy atom. The van der Waals surface area contributed by atoms with Crippen molar-refractivity contribution in [2.75, 3.05) is 6.61 Å². The molecule has 1 atom stereocenters. The van der Waals surface area contributed by atoms with Crippen molar-refractivity contribution in [3.8, 4) is 0 Å². The maximum absolute atomic E-state index is 11.4. The smallest absolute Gasteiger partial charge is 0.408 e. The summed E-state index contributed by atoms with van der Waals surface area (Å²) in [4.78, 5) is 26.5. The van der Waals surface area contributed by atoms with Crippen LogP contribution in [0.25, 0.3) is 0 Å². The van der Waals surface area contributed by atoms with Crippen LogP contribution in [-0.4, -0.2) is 26.7 Å². The Labute approximate surface area is 149 Å². The number of hydrogen-bond donors (Lipinski definition) is 1. The van der Waals surface area contributed by atoms with Gasteiger partial charge in [-0.25, -0.2) is 9.78 Å². The lowest BCUT2D eigenvalue weighted by atomic mass is 10.2. The Balaban J connectivity index is 0.00000361. The summed E-state index contributed by atoms with van der Waals surface area (Å²) in [6.07, 6.45) is -0.991. The van der Waals surface area contributed by atoms with Crippen LogP contribution in [-0.2, 0) is 9.53 Å². The average Bonchev–Trinajstić information content (AvgIpc) is 2.68. The number of ether oxygens (including phenoxy) is 1. The molecule has 12 heteroatoms. The first-order valence-corrected chi connectivity index (χ1v) is 7.26.